The van der Waals surface area contributed by atoms with Crippen LogP contribution < -0.4 is 10.6 Å². The molecule has 0 saturated heterocycles. The van der Waals surface area contributed by atoms with Crippen molar-refractivity contribution in [1.82, 2.24) is 15.6 Å². The minimum atomic E-state index is 0.703. The smallest absolute Gasteiger partial charge is 0.191 e. The quantitative estimate of drug-likeness (QED) is 0.449. The fourth-order valence-electron chi connectivity index (χ4n) is 1.48. The maximum atomic E-state index is 4.25. The van der Waals surface area contributed by atoms with Crippen molar-refractivity contribution < 1.29 is 0 Å². The average Bonchev–Trinajstić information content (AvgIpc) is 2.39. The van der Waals surface area contributed by atoms with E-state index in [1.54, 1.807) is 13.2 Å². The molecule has 94 valence electrons. The van der Waals surface area contributed by atoms with Crippen molar-refractivity contribution in [3.8, 4) is 0 Å². The Balaban J connectivity index is 2.24. The number of rotatable bonds is 6. The molecule has 1 aromatic rings. The molecule has 0 bridgehead atoms. The van der Waals surface area contributed by atoms with Crippen LogP contribution in [0.4, 0.5) is 0 Å². The second-order valence-corrected chi connectivity index (χ2v) is 3.88. The molecule has 0 radical (unpaired) electrons. The molecule has 0 aliphatic heterocycles. The second-order valence-electron chi connectivity index (χ2n) is 3.88. The molecular formula is C13H22N4. The molecule has 2 N–H and O–H groups in total. The zero-order valence-corrected chi connectivity index (χ0v) is 10.7. The van der Waals surface area contributed by atoms with Gasteiger partial charge in [-0.1, -0.05) is 25.8 Å². The fraction of sp³-hybridized carbons (Fsp3) is 0.538. The predicted molar refractivity (Wildman–Crippen MR) is 72.0 cm³/mol. The van der Waals surface area contributed by atoms with Crippen LogP contribution in [0.5, 0.6) is 0 Å². The van der Waals surface area contributed by atoms with E-state index in [1.165, 1.54) is 19.3 Å². The summed E-state index contributed by atoms with van der Waals surface area (Å²) in [5.74, 6) is 0.840. The Hall–Kier alpha value is -1.58. The SMILES string of the molecule is CCCCCNC(=NC)NCc1ccccn1. The molecule has 0 aliphatic rings. The van der Waals surface area contributed by atoms with Gasteiger partial charge in [-0.2, -0.15) is 0 Å². The van der Waals surface area contributed by atoms with Crippen LogP contribution in [-0.4, -0.2) is 24.5 Å². The van der Waals surface area contributed by atoms with Gasteiger partial charge in [0, 0.05) is 19.8 Å². The molecular weight excluding hydrogens is 212 g/mol. The summed E-state index contributed by atoms with van der Waals surface area (Å²) >= 11 is 0. The Labute approximate surface area is 104 Å². The van der Waals surface area contributed by atoms with Crippen LogP contribution in [-0.2, 0) is 6.54 Å². The van der Waals surface area contributed by atoms with Crippen LogP contribution in [0.1, 0.15) is 31.9 Å². The van der Waals surface area contributed by atoms with E-state index in [-0.39, 0.29) is 0 Å². The Morgan fingerprint density at radius 2 is 2.18 bits per heavy atom. The molecule has 0 fully saturated rings. The normalized spacial score (nSPS) is 11.3. The molecule has 0 amide bonds. The lowest BCUT2D eigenvalue weighted by Crippen LogP contribution is -2.37. The van der Waals surface area contributed by atoms with Gasteiger partial charge < -0.3 is 10.6 Å². The Kier molecular flexibility index (Phi) is 6.79. The van der Waals surface area contributed by atoms with Crippen molar-refractivity contribution in [3.05, 3.63) is 30.1 Å². The topological polar surface area (TPSA) is 49.3 Å². The molecule has 0 spiro atoms. The summed E-state index contributed by atoms with van der Waals surface area (Å²) in [7, 11) is 1.79. The van der Waals surface area contributed by atoms with Crippen LogP contribution in [0.2, 0.25) is 0 Å². The molecule has 0 atom stereocenters. The monoisotopic (exact) mass is 234 g/mol. The van der Waals surface area contributed by atoms with Crippen molar-refractivity contribution >= 4 is 5.96 Å². The first-order valence-electron chi connectivity index (χ1n) is 6.21. The number of unbranched alkanes of at least 4 members (excludes halogenated alkanes) is 2. The van der Waals surface area contributed by atoms with Crippen molar-refractivity contribution in [2.24, 2.45) is 4.99 Å². The first-order chi connectivity index (χ1) is 8.36. The minimum Gasteiger partial charge on any atom is -0.356 e. The summed E-state index contributed by atoms with van der Waals surface area (Å²) < 4.78 is 0. The van der Waals surface area contributed by atoms with Crippen LogP contribution in [0, 0.1) is 0 Å². The molecule has 4 nitrogen and oxygen atoms in total. The van der Waals surface area contributed by atoms with E-state index in [1.807, 2.05) is 18.2 Å². The van der Waals surface area contributed by atoms with E-state index in [2.05, 4.69) is 27.5 Å². The summed E-state index contributed by atoms with van der Waals surface area (Å²) in [5.41, 5.74) is 1.02. The van der Waals surface area contributed by atoms with Gasteiger partial charge in [-0.3, -0.25) is 9.98 Å². The minimum absolute atomic E-state index is 0.703. The van der Waals surface area contributed by atoms with Gasteiger partial charge in [-0.25, -0.2) is 0 Å². The Morgan fingerprint density at radius 3 is 2.82 bits per heavy atom. The van der Waals surface area contributed by atoms with Crippen molar-refractivity contribution in [2.75, 3.05) is 13.6 Å². The highest BCUT2D eigenvalue weighted by Gasteiger charge is 1.97. The summed E-state index contributed by atoms with van der Waals surface area (Å²) in [6.45, 7) is 3.87. The lowest BCUT2D eigenvalue weighted by molar-refractivity contribution is 0.681. The van der Waals surface area contributed by atoms with Gasteiger partial charge in [0.1, 0.15) is 0 Å². The summed E-state index contributed by atoms with van der Waals surface area (Å²) in [6, 6.07) is 5.90. The van der Waals surface area contributed by atoms with Crippen LogP contribution in [0.25, 0.3) is 0 Å². The maximum Gasteiger partial charge on any atom is 0.191 e. The number of hydrogen-bond acceptors (Lipinski definition) is 2. The van der Waals surface area contributed by atoms with Gasteiger partial charge in [-0.05, 0) is 18.6 Å². The standard InChI is InChI=1S/C13H22N4/c1-3-4-6-10-16-13(14-2)17-11-12-8-5-7-9-15-12/h5,7-9H,3-4,6,10-11H2,1-2H3,(H2,14,16,17). The van der Waals surface area contributed by atoms with Gasteiger partial charge in [0.15, 0.2) is 5.96 Å². The van der Waals surface area contributed by atoms with E-state index < -0.39 is 0 Å². The van der Waals surface area contributed by atoms with Gasteiger partial charge in [0.25, 0.3) is 0 Å². The summed E-state index contributed by atoms with van der Waals surface area (Å²) in [4.78, 5) is 8.42. The Morgan fingerprint density at radius 1 is 1.29 bits per heavy atom. The molecule has 1 rings (SSSR count). The van der Waals surface area contributed by atoms with Crippen LogP contribution >= 0.6 is 0 Å². The van der Waals surface area contributed by atoms with Gasteiger partial charge in [0.2, 0.25) is 0 Å². The molecule has 1 heterocycles. The molecule has 0 aromatic carbocycles. The molecule has 0 aliphatic carbocycles. The average molecular weight is 234 g/mol. The number of pyridine rings is 1. The van der Waals surface area contributed by atoms with E-state index >= 15 is 0 Å². The largest absolute Gasteiger partial charge is 0.356 e. The van der Waals surface area contributed by atoms with Crippen molar-refractivity contribution in [2.45, 2.75) is 32.7 Å². The lowest BCUT2D eigenvalue weighted by Gasteiger charge is -2.11. The van der Waals surface area contributed by atoms with Gasteiger partial charge in [-0.15, -0.1) is 0 Å². The highest BCUT2D eigenvalue weighted by Crippen LogP contribution is 1.93. The number of hydrogen-bond donors (Lipinski definition) is 2. The molecule has 4 heteroatoms. The highest BCUT2D eigenvalue weighted by molar-refractivity contribution is 5.79. The number of nitrogens with one attached hydrogen (secondary N) is 2. The Bertz CT molecular complexity index is 321. The lowest BCUT2D eigenvalue weighted by atomic mass is 10.2. The van der Waals surface area contributed by atoms with Crippen LogP contribution in [0.3, 0.4) is 0 Å². The molecule has 17 heavy (non-hydrogen) atoms. The third kappa shape index (κ3) is 5.90. The fourth-order valence-corrected chi connectivity index (χ4v) is 1.48. The molecule has 0 saturated carbocycles. The third-order valence-corrected chi connectivity index (χ3v) is 2.46. The van der Waals surface area contributed by atoms with Crippen LogP contribution in [0.15, 0.2) is 29.4 Å². The molecule has 1 aromatic heterocycles. The third-order valence-electron chi connectivity index (χ3n) is 2.46. The zero-order valence-electron chi connectivity index (χ0n) is 10.7. The molecule has 0 unspecified atom stereocenters. The maximum absolute atomic E-state index is 4.25. The number of aromatic nitrogens is 1. The van der Waals surface area contributed by atoms with E-state index in [0.717, 1.165) is 18.2 Å². The predicted octanol–water partition coefficient (Wildman–Crippen LogP) is 1.94. The van der Waals surface area contributed by atoms with Crippen molar-refractivity contribution in [3.63, 3.8) is 0 Å². The first kappa shape index (κ1) is 13.5. The number of guanidine groups is 1. The van der Waals surface area contributed by atoms with E-state index in [0.29, 0.717) is 6.54 Å². The van der Waals surface area contributed by atoms with E-state index in [4.69, 9.17) is 0 Å². The summed E-state index contributed by atoms with van der Waals surface area (Å²) in [5, 5.41) is 6.52. The van der Waals surface area contributed by atoms with E-state index in [9.17, 15) is 0 Å². The number of aliphatic imine (C=N–C) groups is 1. The summed E-state index contributed by atoms with van der Waals surface area (Å²) in [6.07, 6.45) is 5.47. The first-order valence-corrected chi connectivity index (χ1v) is 6.21. The number of nitrogens with zero attached hydrogens (tertiary/aromatic N) is 2. The highest BCUT2D eigenvalue weighted by atomic mass is 15.2. The van der Waals surface area contributed by atoms with Gasteiger partial charge >= 0.3 is 0 Å². The van der Waals surface area contributed by atoms with Crippen molar-refractivity contribution in [1.29, 1.82) is 0 Å². The van der Waals surface area contributed by atoms with Gasteiger partial charge in [0.05, 0.1) is 12.2 Å². The zero-order chi connectivity index (χ0) is 12.3. The second kappa shape index (κ2) is 8.56.